The Labute approximate surface area is 150 Å². The van der Waals surface area contributed by atoms with Gasteiger partial charge in [-0.2, -0.15) is 0 Å². The number of benzene rings is 1. The number of aromatic nitrogens is 3. The molecule has 128 valence electrons. The maximum absolute atomic E-state index is 9.82. The molecule has 0 aliphatic heterocycles. The Kier molecular flexibility index (Phi) is 4.90. The molecule has 0 amide bonds. The zero-order chi connectivity index (χ0) is 17.8. The standard InChI is InChI=1S/C17H17N5O2S/c1-3-18-17(25)22-16-14(10-6-7-12(23)13(9-10)24-2)21-15-11(20-16)5-4-8-19-15/h4-9,23H,3H2,1-2H3,(H2,18,20,22,25). The van der Waals surface area contributed by atoms with Crippen molar-refractivity contribution in [3.05, 3.63) is 36.5 Å². The summed E-state index contributed by atoms with van der Waals surface area (Å²) < 4.78 is 5.18. The largest absolute Gasteiger partial charge is 0.504 e. The van der Waals surface area contributed by atoms with E-state index in [1.807, 2.05) is 13.0 Å². The van der Waals surface area contributed by atoms with E-state index in [9.17, 15) is 5.11 Å². The SMILES string of the molecule is CCNC(=S)Nc1nc2cccnc2nc1-c1ccc(O)c(OC)c1. The van der Waals surface area contributed by atoms with Gasteiger partial charge in [-0.1, -0.05) is 0 Å². The Morgan fingerprint density at radius 1 is 1.28 bits per heavy atom. The zero-order valence-electron chi connectivity index (χ0n) is 13.8. The molecule has 1 aromatic carbocycles. The fourth-order valence-electron chi connectivity index (χ4n) is 2.32. The predicted molar refractivity (Wildman–Crippen MR) is 101 cm³/mol. The van der Waals surface area contributed by atoms with Crippen LogP contribution in [0.25, 0.3) is 22.4 Å². The van der Waals surface area contributed by atoms with Crippen molar-refractivity contribution in [3.63, 3.8) is 0 Å². The van der Waals surface area contributed by atoms with Crippen LogP contribution in [-0.2, 0) is 0 Å². The Balaban J connectivity index is 2.15. The topological polar surface area (TPSA) is 92.2 Å². The molecule has 0 saturated carbocycles. The van der Waals surface area contributed by atoms with Crippen molar-refractivity contribution in [2.45, 2.75) is 6.92 Å². The lowest BCUT2D eigenvalue weighted by Gasteiger charge is -2.13. The molecule has 0 radical (unpaired) electrons. The Morgan fingerprint density at radius 2 is 2.12 bits per heavy atom. The van der Waals surface area contributed by atoms with Crippen LogP contribution in [0.1, 0.15) is 6.92 Å². The molecule has 2 heterocycles. The summed E-state index contributed by atoms with van der Waals surface area (Å²) in [4.78, 5) is 13.4. The first-order chi connectivity index (χ1) is 12.1. The lowest BCUT2D eigenvalue weighted by Crippen LogP contribution is -2.28. The molecule has 0 saturated heterocycles. The van der Waals surface area contributed by atoms with Crippen molar-refractivity contribution in [2.24, 2.45) is 0 Å². The molecule has 0 unspecified atom stereocenters. The van der Waals surface area contributed by atoms with Gasteiger partial charge in [0.25, 0.3) is 0 Å². The Hall–Kier alpha value is -3.00. The summed E-state index contributed by atoms with van der Waals surface area (Å²) in [5.41, 5.74) is 2.45. The fraction of sp³-hybridized carbons (Fsp3) is 0.176. The van der Waals surface area contributed by atoms with Crippen LogP contribution in [0.5, 0.6) is 11.5 Å². The first-order valence-corrected chi connectivity index (χ1v) is 8.08. The summed E-state index contributed by atoms with van der Waals surface area (Å²) in [6, 6.07) is 8.60. The molecule has 0 spiro atoms. The van der Waals surface area contributed by atoms with Crippen molar-refractivity contribution < 1.29 is 9.84 Å². The number of phenolic OH excluding ortho intramolecular Hbond substituents is 1. The number of ether oxygens (including phenoxy) is 1. The number of phenols is 1. The van der Waals surface area contributed by atoms with Crippen molar-refractivity contribution in [1.82, 2.24) is 20.3 Å². The van der Waals surface area contributed by atoms with Gasteiger partial charge in [0.15, 0.2) is 28.1 Å². The molecular weight excluding hydrogens is 338 g/mol. The number of rotatable bonds is 4. The molecule has 3 aromatic rings. The fourth-order valence-corrected chi connectivity index (χ4v) is 2.56. The number of hydrogen-bond donors (Lipinski definition) is 3. The highest BCUT2D eigenvalue weighted by Crippen LogP contribution is 2.33. The Morgan fingerprint density at radius 3 is 2.88 bits per heavy atom. The summed E-state index contributed by atoms with van der Waals surface area (Å²) in [5.74, 6) is 0.899. The second-order valence-corrected chi connectivity index (χ2v) is 5.55. The van der Waals surface area contributed by atoms with Crippen LogP contribution in [0, 0.1) is 0 Å². The van der Waals surface area contributed by atoms with Gasteiger partial charge in [0.1, 0.15) is 11.2 Å². The molecule has 2 aromatic heterocycles. The van der Waals surface area contributed by atoms with E-state index in [1.165, 1.54) is 7.11 Å². The average molecular weight is 355 g/mol. The first-order valence-electron chi connectivity index (χ1n) is 7.67. The number of pyridine rings is 1. The van der Waals surface area contributed by atoms with Crippen molar-refractivity contribution >= 4 is 34.3 Å². The molecule has 0 bridgehead atoms. The van der Waals surface area contributed by atoms with Crippen molar-refractivity contribution in [1.29, 1.82) is 0 Å². The highest BCUT2D eigenvalue weighted by atomic mass is 32.1. The third-order valence-corrected chi connectivity index (χ3v) is 3.71. The van der Waals surface area contributed by atoms with Crippen LogP contribution < -0.4 is 15.4 Å². The highest BCUT2D eigenvalue weighted by Gasteiger charge is 2.15. The van der Waals surface area contributed by atoms with E-state index in [-0.39, 0.29) is 5.75 Å². The number of hydrogen-bond acceptors (Lipinski definition) is 6. The third-order valence-electron chi connectivity index (χ3n) is 3.46. The molecule has 0 aliphatic rings. The van der Waals surface area contributed by atoms with Gasteiger partial charge in [-0.3, -0.25) is 0 Å². The number of fused-ring (bicyclic) bond motifs is 1. The van der Waals surface area contributed by atoms with Crippen LogP contribution in [0.3, 0.4) is 0 Å². The summed E-state index contributed by atoms with van der Waals surface area (Å²) in [5, 5.41) is 16.4. The minimum atomic E-state index is 0.0517. The normalized spacial score (nSPS) is 10.5. The van der Waals surface area contributed by atoms with Gasteiger partial charge in [0.2, 0.25) is 0 Å². The number of thiocarbonyl (C=S) groups is 1. The molecule has 25 heavy (non-hydrogen) atoms. The second kappa shape index (κ2) is 7.27. The van der Waals surface area contributed by atoms with Gasteiger partial charge < -0.3 is 20.5 Å². The van der Waals surface area contributed by atoms with Gasteiger partial charge in [0, 0.05) is 18.3 Å². The van der Waals surface area contributed by atoms with E-state index < -0.39 is 0 Å². The van der Waals surface area contributed by atoms with Gasteiger partial charge >= 0.3 is 0 Å². The van der Waals surface area contributed by atoms with Gasteiger partial charge in [-0.15, -0.1) is 0 Å². The molecule has 8 heteroatoms. The summed E-state index contributed by atoms with van der Waals surface area (Å²) in [6.45, 7) is 2.65. The summed E-state index contributed by atoms with van der Waals surface area (Å²) in [7, 11) is 1.49. The van der Waals surface area contributed by atoms with E-state index in [2.05, 4.69) is 25.6 Å². The highest BCUT2D eigenvalue weighted by molar-refractivity contribution is 7.80. The monoisotopic (exact) mass is 355 g/mol. The van der Waals surface area contributed by atoms with Crippen LogP contribution >= 0.6 is 12.2 Å². The minimum Gasteiger partial charge on any atom is -0.504 e. The average Bonchev–Trinajstić information content (AvgIpc) is 2.62. The van der Waals surface area contributed by atoms with Gasteiger partial charge in [-0.25, -0.2) is 15.0 Å². The van der Waals surface area contributed by atoms with Gasteiger partial charge in [0.05, 0.1) is 7.11 Å². The second-order valence-electron chi connectivity index (χ2n) is 5.14. The Bertz CT molecular complexity index is 932. The molecule has 3 N–H and O–H groups in total. The van der Waals surface area contributed by atoms with Crippen molar-refractivity contribution in [3.8, 4) is 22.8 Å². The molecule has 3 rings (SSSR count). The van der Waals surface area contributed by atoms with Crippen molar-refractivity contribution in [2.75, 3.05) is 19.0 Å². The lowest BCUT2D eigenvalue weighted by atomic mass is 10.1. The van der Waals surface area contributed by atoms with Crippen LogP contribution in [0.15, 0.2) is 36.5 Å². The first kappa shape index (κ1) is 16.8. The molecular formula is C17H17N5O2S. The third kappa shape index (κ3) is 3.58. The summed E-state index contributed by atoms with van der Waals surface area (Å²) in [6.07, 6.45) is 1.66. The van der Waals surface area contributed by atoms with Crippen LogP contribution in [-0.4, -0.2) is 38.8 Å². The number of nitrogens with zero attached hydrogens (tertiary/aromatic N) is 3. The van der Waals surface area contributed by atoms with Gasteiger partial charge in [-0.05, 0) is 49.5 Å². The zero-order valence-corrected chi connectivity index (χ0v) is 14.6. The summed E-state index contributed by atoms with van der Waals surface area (Å²) >= 11 is 5.27. The van der Waals surface area contributed by atoms with Crippen LogP contribution in [0.4, 0.5) is 5.82 Å². The molecule has 0 aliphatic carbocycles. The predicted octanol–water partition coefficient (Wildman–Crippen LogP) is 2.71. The number of methoxy groups -OCH3 is 1. The number of anilines is 1. The number of aromatic hydroxyl groups is 1. The maximum atomic E-state index is 9.82. The molecule has 0 atom stereocenters. The van der Waals surface area contributed by atoms with E-state index in [0.29, 0.717) is 40.1 Å². The number of nitrogens with one attached hydrogen (secondary N) is 2. The van der Waals surface area contributed by atoms with E-state index >= 15 is 0 Å². The van der Waals surface area contributed by atoms with E-state index in [0.717, 1.165) is 5.56 Å². The molecule has 0 fully saturated rings. The smallest absolute Gasteiger partial charge is 0.178 e. The van der Waals surface area contributed by atoms with E-state index in [4.69, 9.17) is 17.0 Å². The molecule has 7 nitrogen and oxygen atoms in total. The lowest BCUT2D eigenvalue weighted by molar-refractivity contribution is 0.373. The van der Waals surface area contributed by atoms with E-state index in [1.54, 1.807) is 30.5 Å². The maximum Gasteiger partial charge on any atom is 0.178 e. The van der Waals surface area contributed by atoms with Crippen LogP contribution in [0.2, 0.25) is 0 Å². The quantitative estimate of drug-likeness (QED) is 0.615. The minimum absolute atomic E-state index is 0.0517.